The van der Waals surface area contributed by atoms with Crippen LogP contribution in [0, 0.1) is 11.3 Å². The van der Waals surface area contributed by atoms with E-state index in [4.69, 9.17) is 19.9 Å². The van der Waals surface area contributed by atoms with Crippen molar-refractivity contribution < 1.29 is 0 Å². The topological polar surface area (TPSA) is 75.3 Å². The highest BCUT2D eigenvalue weighted by atomic mass is 15.0. The van der Waals surface area contributed by atoms with Crippen molar-refractivity contribution in [2.75, 3.05) is 0 Å². The predicted octanol–water partition coefficient (Wildman–Crippen LogP) is 10.9. The summed E-state index contributed by atoms with van der Waals surface area (Å²) >= 11 is 0. The third-order valence-electron chi connectivity index (χ3n) is 9.15. The van der Waals surface area contributed by atoms with Gasteiger partial charge in [0.05, 0.1) is 22.8 Å². The molecule has 2 heterocycles. The molecule has 0 amide bonds. The van der Waals surface area contributed by atoms with Gasteiger partial charge in [-0.25, -0.2) is 19.9 Å². The normalized spacial score (nSPS) is 11.2. The summed E-state index contributed by atoms with van der Waals surface area (Å²) in [6.45, 7) is 0. The summed E-state index contributed by atoms with van der Waals surface area (Å²) in [5, 5.41) is 15.1. The smallest absolute Gasteiger partial charge is 0.164 e. The van der Waals surface area contributed by atoms with Gasteiger partial charge in [0, 0.05) is 38.4 Å². The van der Waals surface area contributed by atoms with Gasteiger partial charge in [0.1, 0.15) is 0 Å². The number of nitrogens with zero attached hydrogens (tertiary/aromatic N) is 5. The minimum atomic E-state index is 0.606. The van der Waals surface area contributed by atoms with Gasteiger partial charge in [0.25, 0.3) is 0 Å². The Labute approximate surface area is 288 Å². The van der Waals surface area contributed by atoms with Crippen molar-refractivity contribution in [2.45, 2.75) is 0 Å². The molecular weight excluding hydrogens is 611 g/mol. The molecule has 232 valence electrons. The monoisotopic (exact) mass is 637 g/mol. The molecule has 0 spiro atoms. The maximum Gasteiger partial charge on any atom is 0.164 e. The summed E-state index contributed by atoms with van der Waals surface area (Å²) in [7, 11) is 0. The van der Waals surface area contributed by atoms with Crippen LogP contribution in [0.3, 0.4) is 0 Å². The van der Waals surface area contributed by atoms with Crippen molar-refractivity contribution in [1.29, 1.82) is 5.26 Å². The van der Waals surface area contributed by atoms with Crippen molar-refractivity contribution in [3.8, 4) is 62.6 Å². The van der Waals surface area contributed by atoms with Crippen LogP contribution < -0.4 is 0 Å². The number of pyridine rings is 1. The van der Waals surface area contributed by atoms with Gasteiger partial charge in [-0.3, -0.25) is 0 Å². The van der Waals surface area contributed by atoms with E-state index in [2.05, 4.69) is 78.9 Å². The summed E-state index contributed by atoms with van der Waals surface area (Å²) in [5.74, 6) is 1.86. The number of benzene rings is 7. The van der Waals surface area contributed by atoms with Crippen LogP contribution in [-0.2, 0) is 0 Å². The fourth-order valence-electron chi connectivity index (χ4n) is 6.71. The molecule has 2 aromatic heterocycles. The first-order chi connectivity index (χ1) is 24.7. The lowest BCUT2D eigenvalue weighted by molar-refractivity contribution is 1.07. The van der Waals surface area contributed by atoms with Gasteiger partial charge in [0.15, 0.2) is 17.5 Å². The number of fused-ring (bicyclic) bond motifs is 5. The number of hydrogen-bond donors (Lipinski definition) is 0. The number of hydrogen-bond acceptors (Lipinski definition) is 5. The Morgan fingerprint density at radius 2 is 0.860 bits per heavy atom. The van der Waals surface area contributed by atoms with Gasteiger partial charge in [-0.05, 0) is 46.2 Å². The molecule has 0 aliphatic rings. The zero-order chi connectivity index (χ0) is 33.4. The second kappa shape index (κ2) is 12.2. The molecule has 0 unspecified atom stereocenters. The van der Waals surface area contributed by atoms with Gasteiger partial charge in [-0.2, -0.15) is 5.26 Å². The Bertz CT molecular complexity index is 2680. The van der Waals surface area contributed by atoms with Crippen LogP contribution in [-0.4, -0.2) is 19.9 Å². The van der Waals surface area contributed by atoms with Crippen LogP contribution in [0.25, 0.3) is 89.0 Å². The molecule has 0 saturated carbocycles. The van der Waals surface area contributed by atoms with E-state index < -0.39 is 0 Å². The van der Waals surface area contributed by atoms with Crippen LogP contribution in [0.1, 0.15) is 5.56 Å². The van der Waals surface area contributed by atoms with E-state index in [1.54, 1.807) is 0 Å². The Morgan fingerprint density at radius 1 is 0.380 bits per heavy atom. The molecule has 0 fully saturated rings. The maximum atomic E-state index is 9.43. The Balaban J connectivity index is 1.23. The van der Waals surface area contributed by atoms with Gasteiger partial charge < -0.3 is 0 Å². The zero-order valence-corrected chi connectivity index (χ0v) is 26.8. The molecule has 9 rings (SSSR count). The van der Waals surface area contributed by atoms with Gasteiger partial charge >= 0.3 is 0 Å². The van der Waals surface area contributed by atoms with Crippen LogP contribution in [0.15, 0.2) is 164 Å². The average Bonchev–Trinajstić information content (AvgIpc) is 3.20. The third-order valence-corrected chi connectivity index (χ3v) is 9.15. The molecule has 0 atom stereocenters. The minimum Gasteiger partial charge on any atom is -0.247 e. The lowest BCUT2D eigenvalue weighted by Crippen LogP contribution is -2.00. The Kier molecular flexibility index (Phi) is 7.11. The molecule has 0 N–H and O–H groups in total. The molecule has 5 heteroatoms. The van der Waals surface area contributed by atoms with Crippen LogP contribution >= 0.6 is 0 Å². The largest absolute Gasteiger partial charge is 0.247 e. The third kappa shape index (κ3) is 5.13. The molecule has 5 nitrogen and oxygen atoms in total. The van der Waals surface area contributed by atoms with Crippen molar-refractivity contribution in [3.05, 3.63) is 169 Å². The standard InChI is InChI=1S/C45H27N5/c46-28-29-19-21-30(22-20-29)38-27-39-41(36-16-8-7-15-35(36)38)37-17-9-10-18-40(37)47-42(39)31-23-25-34(26-24-31)45-49-43(32-11-3-1-4-12-32)48-44(50-45)33-13-5-2-6-14-33/h1-27H. The van der Waals surface area contributed by atoms with Crippen molar-refractivity contribution in [3.63, 3.8) is 0 Å². The second-order valence-corrected chi connectivity index (χ2v) is 12.2. The van der Waals surface area contributed by atoms with Gasteiger partial charge in [0.2, 0.25) is 0 Å². The lowest BCUT2D eigenvalue weighted by Gasteiger charge is -2.16. The Hall–Kier alpha value is -7.03. The van der Waals surface area contributed by atoms with E-state index in [1.807, 2.05) is 91.0 Å². The van der Waals surface area contributed by atoms with E-state index in [0.717, 1.165) is 66.1 Å². The summed E-state index contributed by atoms with van der Waals surface area (Å²) in [6.07, 6.45) is 0. The average molecular weight is 638 g/mol. The summed E-state index contributed by atoms with van der Waals surface area (Å²) in [5.41, 5.74) is 8.37. The number of aromatic nitrogens is 4. The SMILES string of the molecule is N#Cc1ccc(-c2cc3c(-c4ccc(-c5nc(-c6ccccc6)nc(-c6ccccc6)n5)cc4)nc4ccccc4c3c3ccccc23)cc1. The molecule has 7 aromatic carbocycles. The first-order valence-corrected chi connectivity index (χ1v) is 16.5. The van der Waals surface area contributed by atoms with E-state index in [0.29, 0.717) is 23.0 Å². The van der Waals surface area contributed by atoms with Crippen molar-refractivity contribution in [1.82, 2.24) is 19.9 Å². The molecule has 0 aliphatic heterocycles. The Morgan fingerprint density at radius 3 is 1.46 bits per heavy atom. The highest BCUT2D eigenvalue weighted by Gasteiger charge is 2.18. The fraction of sp³-hybridized carbons (Fsp3) is 0. The number of rotatable bonds is 5. The van der Waals surface area contributed by atoms with E-state index in [9.17, 15) is 5.26 Å². The van der Waals surface area contributed by atoms with E-state index >= 15 is 0 Å². The van der Waals surface area contributed by atoms with E-state index in [-0.39, 0.29) is 0 Å². The van der Waals surface area contributed by atoms with Gasteiger partial charge in [-0.1, -0.05) is 140 Å². The van der Waals surface area contributed by atoms with Gasteiger partial charge in [-0.15, -0.1) is 0 Å². The highest BCUT2D eigenvalue weighted by Crippen LogP contribution is 2.42. The number of nitriles is 1. The second-order valence-electron chi connectivity index (χ2n) is 12.2. The molecular formula is C45H27N5. The predicted molar refractivity (Wildman–Crippen MR) is 202 cm³/mol. The fourth-order valence-corrected chi connectivity index (χ4v) is 6.71. The minimum absolute atomic E-state index is 0.606. The summed E-state index contributed by atoms with van der Waals surface area (Å²) < 4.78 is 0. The molecule has 9 aromatic rings. The molecule has 0 saturated heterocycles. The van der Waals surface area contributed by atoms with E-state index in [1.165, 1.54) is 5.39 Å². The summed E-state index contributed by atoms with van der Waals surface area (Å²) in [6, 6.07) is 57.6. The van der Waals surface area contributed by atoms with Crippen molar-refractivity contribution >= 4 is 32.4 Å². The zero-order valence-electron chi connectivity index (χ0n) is 26.8. The quantitative estimate of drug-likeness (QED) is 0.176. The molecule has 0 bridgehead atoms. The first kappa shape index (κ1) is 29.1. The molecule has 0 radical (unpaired) electrons. The van der Waals surface area contributed by atoms with Crippen LogP contribution in [0.5, 0.6) is 0 Å². The number of para-hydroxylation sites is 1. The first-order valence-electron chi connectivity index (χ1n) is 16.5. The molecule has 0 aliphatic carbocycles. The highest BCUT2D eigenvalue weighted by molar-refractivity contribution is 6.25. The van der Waals surface area contributed by atoms with Crippen molar-refractivity contribution in [2.24, 2.45) is 0 Å². The van der Waals surface area contributed by atoms with Crippen LogP contribution in [0.2, 0.25) is 0 Å². The maximum absolute atomic E-state index is 9.43. The lowest BCUT2D eigenvalue weighted by atomic mass is 9.89. The van der Waals surface area contributed by atoms with Crippen LogP contribution in [0.4, 0.5) is 0 Å². The molecule has 50 heavy (non-hydrogen) atoms. The summed E-state index contributed by atoms with van der Waals surface area (Å²) in [4.78, 5) is 20.0.